The summed E-state index contributed by atoms with van der Waals surface area (Å²) in [6, 6.07) is 0. The van der Waals surface area contributed by atoms with E-state index in [0.29, 0.717) is 43.1 Å². The lowest BCUT2D eigenvalue weighted by atomic mass is 9.97. The van der Waals surface area contributed by atoms with Crippen LogP contribution >= 0.6 is 28.6 Å². The van der Waals surface area contributed by atoms with Gasteiger partial charge in [-0.25, -0.2) is 9.98 Å². The molecule has 2 saturated heterocycles. The molecular weight excluding hydrogens is 840 g/mol. The van der Waals surface area contributed by atoms with Crippen molar-refractivity contribution in [1.29, 1.82) is 0 Å². The van der Waals surface area contributed by atoms with Crippen LogP contribution in [0.2, 0.25) is 5.28 Å². The molecule has 0 aliphatic carbocycles. The number of aliphatic imine (C=N–C) groups is 1. The number of ether oxygens (including phenoxy) is 4. The van der Waals surface area contributed by atoms with Crippen molar-refractivity contribution in [2.75, 3.05) is 62.3 Å². The summed E-state index contributed by atoms with van der Waals surface area (Å²) < 4.78 is 41.6. The van der Waals surface area contributed by atoms with E-state index in [1.165, 1.54) is 22.1 Å². The summed E-state index contributed by atoms with van der Waals surface area (Å²) in [6.07, 6.45) is 0.709. The number of hydrogen-bond acceptors (Lipinski definition) is 20. The Labute approximate surface area is 348 Å². The Kier molecular flexibility index (Phi) is 16.2. The van der Waals surface area contributed by atoms with Gasteiger partial charge in [0.1, 0.15) is 36.3 Å². The third-order valence-corrected chi connectivity index (χ3v) is 10.6. The highest BCUT2D eigenvalue weighted by Gasteiger charge is 2.42. The predicted molar refractivity (Wildman–Crippen MR) is 215 cm³/mol. The van der Waals surface area contributed by atoms with Crippen LogP contribution in [0.3, 0.4) is 0 Å². The molecule has 3 aliphatic rings. The summed E-state index contributed by atoms with van der Waals surface area (Å²) in [5.74, 6) is 0.241. The normalized spacial score (nSPS) is 22.9. The van der Waals surface area contributed by atoms with Gasteiger partial charge < -0.3 is 67.8 Å². The first-order chi connectivity index (χ1) is 27.9. The summed E-state index contributed by atoms with van der Waals surface area (Å²) in [5, 5.41) is 15.5. The van der Waals surface area contributed by atoms with Crippen molar-refractivity contribution in [3.05, 3.63) is 17.3 Å². The summed E-state index contributed by atoms with van der Waals surface area (Å²) in [7, 11) is -2.98. The molecule has 0 aromatic carbocycles. The molecule has 0 bridgehead atoms. The standard InChI is InChI=1S/C34H52ClN9O13P2/c1-33(2,3)30(47)51-17-39-27-26-29(41-32(35)40-27)43(16-37-26)24-9-8-20(55-24)12-54-59(50)57-22-10-25(56-23(22)13-53-58(49)19-46)44-15-36-21(11-45)28(44)38-14-42(7)18-52-31(48)34(4,5)6/h11,14-15,20,22-25,37,46,49-50H,8-10,12-13,16-19H2,1-7H3,(H,39,40,41)/b38-14-/t20?,22-,23?,24?,25?,58?,59?/m0/s1. The summed E-state index contributed by atoms with van der Waals surface area (Å²) >= 11 is 6.26. The first-order valence-electron chi connectivity index (χ1n) is 18.6. The van der Waals surface area contributed by atoms with Crippen LogP contribution in [0.15, 0.2) is 11.3 Å². The van der Waals surface area contributed by atoms with Crippen molar-refractivity contribution in [3.8, 4) is 0 Å². The van der Waals surface area contributed by atoms with Gasteiger partial charge in [0.05, 0.1) is 55.6 Å². The third kappa shape index (κ3) is 12.6. The number of fused-ring (bicyclic) bond motifs is 1. The molecule has 59 heavy (non-hydrogen) atoms. The Hall–Kier alpha value is -3.40. The maximum atomic E-state index is 12.2. The minimum Gasteiger partial charge on any atom is -0.444 e. The second-order valence-corrected chi connectivity index (χ2v) is 18.3. The molecule has 0 spiro atoms. The Balaban J connectivity index is 1.17. The van der Waals surface area contributed by atoms with Crippen molar-refractivity contribution >= 4 is 76.3 Å². The molecule has 2 fully saturated rings. The van der Waals surface area contributed by atoms with Crippen molar-refractivity contribution in [1.82, 2.24) is 24.4 Å². The number of rotatable bonds is 19. The summed E-state index contributed by atoms with van der Waals surface area (Å²) in [6.45, 7) is 10.4. The highest BCUT2D eigenvalue weighted by Crippen LogP contribution is 2.45. The van der Waals surface area contributed by atoms with Crippen molar-refractivity contribution in [2.24, 2.45) is 15.8 Å². The van der Waals surface area contributed by atoms with E-state index in [0.717, 1.165) is 0 Å². The molecule has 5 N–H and O–H groups in total. The zero-order chi connectivity index (χ0) is 43.1. The fourth-order valence-electron chi connectivity index (χ4n) is 5.81. The molecule has 25 heteroatoms. The van der Waals surface area contributed by atoms with E-state index >= 15 is 0 Å². The molecule has 5 heterocycles. The maximum Gasteiger partial charge on any atom is 0.330 e. The number of halogens is 1. The topological polar surface area (TPSA) is 263 Å². The van der Waals surface area contributed by atoms with Crippen LogP contribution in [-0.4, -0.2) is 135 Å². The van der Waals surface area contributed by atoms with Crippen LogP contribution in [0.1, 0.15) is 77.5 Å². The second-order valence-electron chi connectivity index (χ2n) is 15.8. The molecule has 0 radical (unpaired) electrons. The zero-order valence-electron chi connectivity index (χ0n) is 33.8. The molecular formula is C34H52ClN9O13P2. The Morgan fingerprint density at radius 3 is 2.51 bits per heavy atom. The number of aliphatic hydroxyl groups is 1. The Morgan fingerprint density at radius 1 is 1.08 bits per heavy atom. The lowest BCUT2D eigenvalue weighted by molar-refractivity contribution is -0.155. The molecule has 6 unspecified atom stereocenters. The number of nitrogens with one attached hydrogen (secondary N) is 2. The molecule has 0 saturated carbocycles. The summed E-state index contributed by atoms with van der Waals surface area (Å²) in [5.41, 5.74) is -0.768. The van der Waals surface area contributed by atoms with Crippen LogP contribution in [0, 0.1) is 10.8 Å². The van der Waals surface area contributed by atoms with Gasteiger partial charge >= 0.3 is 20.5 Å². The van der Waals surface area contributed by atoms with Crippen LogP contribution in [-0.2, 0) is 42.1 Å². The van der Waals surface area contributed by atoms with E-state index in [1.54, 1.807) is 48.6 Å². The molecule has 2 aromatic heterocycles. The van der Waals surface area contributed by atoms with Gasteiger partial charge in [0.15, 0.2) is 45.6 Å². The highest BCUT2D eigenvalue weighted by molar-refractivity contribution is 7.45. The number of carbonyl (C=O) groups is 3. The van der Waals surface area contributed by atoms with Crippen LogP contribution in [0.25, 0.3) is 0 Å². The first-order valence-corrected chi connectivity index (χ1v) is 21.5. The summed E-state index contributed by atoms with van der Waals surface area (Å²) in [4.78, 5) is 77.7. The van der Waals surface area contributed by atoms with E-state index in [-0.39, 0.29) is 55.9 Å². The van der Waals surface area contributed by atoms with Crippen molar-refractivity contribution in [3.63, 3.8) is 0 Å². The molecule has 2 aromatic rings. The Morgan fingerprint density at radius 2 is 1.81 bits per heavy atom. The van der Waals surface area contributed by atoms with Gasteiger partial charge in [-0.05, 0) is 66.0 Å². The van der Waals surface area contributed by atoms with Gasteiger partial charge in [0.2, 0.25) is 5.28 Å². The number of imidazole rings is 1. The Bertz CT molecular complexity index is 1800. The number of aromatic nitrogens is 4. The van der Waals surface area contributed by atoms with E-state index < -0.39 is 70.9 Å². The predicted octanol–water partition coefficient (Wildman–Crippen LogP) is 3.81. The lowest BCUT2D eigenvalue weighted by Crippen LogP contribution is -2.36. The van der Waals surface area contributed by atoms with Gasteiger partial charge in [-0.15, -0.1) is 0 Å². The van der Waals surface area contributed by atoms with Crippen LogP contribution < -0.4 is 15.5 Å². The van der Waals surface area contributed by atoms with Crippen molar-refractivity contribution in [2.45, 2.75) is 91.6 Å². The van der Waals surface area contributed by atoms with E-state index in [1.807, 2.05) is 4.90 Å². The minimum atomic E-state index is -2.47. The fraction of sp³-hybridized carbons (Fsp3) is 0.676. The monoisotopic (exact) mass is 891 g/mol. The maximum absolute atomic E-state index is 12.2. The molecule has 22 nitrogen and oxygen atoms in total. The van der Waals surface area contributed by atoms with Gasteiger partial charge in [-0.2, -0.15) is 9.97 Å². The quantitative estimate of drug-likeness (QED) is 0.0255. The van der Waals surface area contributed by atoms with E-state index in [9.17, 15) is 29.3 Å². The van der Waals surface area contributed by atoms with E-state index in [4.69, 9.17) is 44.1 Å². The van der Waals surface area contributed by atoms with Gasteiger partial charge in [0.25, 0.3) is 0 Å². The molecule has 5 rings (SSSR count). The number of nitrogens with zero attached hydrogens (tertiary/aromatic N) is 7. The average Bonchev–Trinajstić information content (AvgIpc) is 3.99. The largest absolute Gasteiger partial charge is 0.444 e. The smallest absolute Gasteiger partial charge is 0.330 e. The first kappa shape index (κ1) is 46.7. The molecule has 7 atom stereocenters. The fourth-order valence-corrected chi connectivity index (χ4v) is 7.18. The number of aliphatic hydroxyl groups excluding tert-OH is 1. The van der Waals surface area contributed by atoms with Crippen LogP contribution in [0.5, 0.6) is 0 Å². The van der Waals surface area contributed by atoms with Gasteiger partial charge in [-0.3, -0.25) is 19.0 Å². The van der Waals surface area contributed by atoms with Gasteiger partial charge in [0, 0.05) is 13.5 Å². The second kappa shape index (κ2) is 20.4. The highest BCUT2D eigenvalue weighted by atomic mass is 35.5. The minimum absolute atomic E-state index is 0.00437. The SMILES string of the molecule is CN(/C=N\c1c(C=O)ncn1C1C[C@H](OP(O)OCC2CCC(N3CNc4c(NCOC(=O)C(C)(C)C)nc(Cl)nc43)O2)C(COP(O)CO)O1)COC(=O)C(C)(C)C. The van der Waals surface area contributed by atoms with E-state index in [2.05, 4.69) is 30.6 Å². The number of anilines is 3. The van der Waals surface area contributed by atoms with Crippen LogP contribution in [0.4, 0.5) is 23.1 Å². The molecule has 3 aliphatic heterocycles. The molecule has 0 amide bonds. The zero-order valence-corrected chi connectivity index (χ0v) is 36.4. The number of aldehydes is 1. The lowest BCUT2D eigenvalue weighted by Gasteiger charge is -2.25. The third-order valence-electron chi connectivity index (χ3n) is 8.94. The number of hydrogen-bond donors (Lipinski definition) is 5. The number of carbonyl (C=O) groups excluding carboxylic acids is 3. The van der Waals surface area contributed by atoms with Gasteiger partial charge in [-0.1, -0.05) is 0 Å². The molecule has 328 valence electrons. The van der Waals surface area contributed by atoms with Crippen molar-refractivity contribution < 1.29 is 61.8 Å². The average molecular weight is 892 g/mol. The number of esters is 2.